The van der Waals surface area contributed by atoms with Crippen LogP contribution >= 0.6 is 43.6 Å². The third-order valence-electron chi connectivity index (χ3n) is 0.480. The fraction of sp³-hybridized carbons (Fsp3) is 0.429. The summed E-state index contributed by atoms with van der Waals surface area (Å²) in [4.78, 5) is 0. The second-order valence-corrected chi connectivity index (χ2v) is 3.63. The van der Waals surface area contributed by atoms with E-state index in [0.29, 0.717) is 0 Å². The third kappa shape index (κ3) is 8.79. The third-order valence-corrected chi connectivity index (χ3v) is 2.92. The van der Waals surface area contributed by atoms with Gasteiger partial charge in [-0.25, -0.2) is 0 Å². The van der Waals surface area contributed by atoms with Crippen molar-refractivity contribution in [3.63, 3.8) is 0 Å². The molecule has 0 unspecified atom stereocenters. The van der Waals surface area contributed by atoms with Crippen molar-refractivity contribution in [2.75, 3.05) is 6.26 Å². The van der Waals surface area contributed by atoms with Gasteiger partial charge in [-0.05, 0) is 27.6 Å². The van der Waals surface area contributed by atoms with E-state index in [2.05, 4.69) is 38.4 Å². The molecule has 0 saturated heterocycles. The van der Waals surface area contributed by atoms with Crippen molar-refractivity contribution in [1.29, 1.82) is 0 Å². The minimum atomic E-state index is 0.881. The summed E-state index contributed by atoms with van der Waals surface area (Å²) >= 11 is 8.15. The number of hydrogen-bond donors (Lipinski definition) is 0. The van der Waals surface area contributed by atoms with Crippen LogP contribution < -0.4 is 0 Å². The minimum Gasteiger partial charge on any atom is -0.136 e. The zero-order valence-electron chi connectivity index (χ0n) is 6.45. The summed E-state index contributed by atoms with van der Waals surface area (Å²) in [6, 6.07) is 0. The van der Waals surface area contributed by atoms with E-state index in [1.165, 1.54) is 0 Å². The van der Waals surface area contributed by atoms with Gasteiger partial charge >= 0.3 is 0 Å². The molecule has 10 heavy (non-hydrogen) atoms. The van der Waals surface area contributed by atoms with E-state index in [0.717, 1.165) is 8.96 Å². The monoisotopic (exact) mass is 286 g/mol. The molecule has 0 N–H and O–H groups in total. The maximum absolute atomic E-state index is 3.66. The summed E-state index contributed by atoms with van der Waals surface area (Å²) in [5, 5.41) is 1.97. The van der Waals surface area contributed by atoms with Crippen LogP contribution in [0, 0.1) is 0 Å². The first-order valence-electron chi connectivity index (χ1n) is 2.91. The van der Waals surface area contributed by atoms with Crippen LogP contribution in [0.2, 0.25) is 0 Å². The largest absolute Gasteiger partial charge is 0.136 e. The average Bonchev–Trinajstić information content (AvgIpc) is 1.93. The van der Waals surface area contributed by atoms with Crippen LogP contribution in [0.1, 0.15) is 13.8 Å². The molecule has 0 saturated carbocycles. The fourth-order valence-electron chi connectivity index (χ4n) is 0.167. The van der Waals surface area contributed by atoms with Crippen molar-refractivity contribution in [2.45, 2.75) is 13.8 Å². The first-order chi connectivity index (χ1) is 4.68. The predicted molar refractivity (Wildman–Crippen MR) is 59.9 cm³/mol. The van der Waals surface area contributed by atoms with E-state index in [1.807, 2.05) is 25.5 Å². The second-order valence-electron chi connectivity index (χ2n) is 1.11. The molecule has 0 aromatic rings. The van der Waals surface area contributed by atoms with Crippen molar-refractivity contribution in [1.82, 2.24) is 0 Å². The van der Waals surface area contributed by atoms with Crippen LogP contribution in [0.5, 0.6) is 0 Å². The SMILES string of the molecule is C=C(Br)/C(Br)=C\SC.CC. The number of halogens is 2. The molecule has 0 aliphatic heterocycles. The maximum Gasteiger partial charge on any atom is 0.0374 e. The van der Waals surface area contributed by atoms with E-state index >= 15 is 0 Å². The summed E-state index contributed by atoms with van der Waals surface area (Å²) in [5.74, 6) is 0. The van der Waals surface area contributed by atoms with E-state index in [-0.39, 0.29) is 0 Å². The van der Waals surface area contributed by atoms with Crippen molar-refractivity contribution in [3.8, 4) is 0 Å². The molecular weight excluding hydrogens is 276 g/mol. The van der Waals surface area contributed by atoms with Crippen LogP contribution in [0.15, 0.2) is 21.0 Å². The van der Waals surface area contributed by atoms with E-state index in [1.54, 1.807) is 11.8 Å². The molecule has 0 rings (SSSR count). The average molecular weight is 288 g/mol. The van der Waals surface area contributed by atoms with Gasteiger partial charge in [-0.15, -0.1) is 11.8 Å². The Hall–Kier alpha value is 0.790. The molecule has 0 radical (unpaired) electrons. The van der Waals surface area contributed by atoms with Gasteiger partial charge in [0.15, 0.2) is 0 Å². The Morgan fingerprint density at radius 1 is 1.40 bits per heavy atom. The Bertz CT molecular complexity index is 119. The molecule has 0 aliphatic carbocycles. The van der Waals surface area contributed by atoms with E-state index < -0.39 is 0 Å². The van der Waals surface area contributed by atoms with E-state index in [4.69, 9.17) is 0 Å². The van der Waals surface area contributed by atoms with Gasteiger partial charge < -0.3 is 0 Å². The lowest BCUT2D eigenvalue weighted by atomic mass is 10.6. The molecule has 0 atom stereocenters. The molecule has 0 bridgehead atoms. The molecule has 60 valence electrons. The summed E-state index contributed by atoms with van der Waals surface area (Å²) < 4.78 is 1.89. The molecule has 0 aromatic heterocycles. The van der Waals surface area contributed by atoms with Crippen LogP contribution in [-0.2, 0) is 0 Å². The van der Waals surface area contributed by atoms with Gasteiger partial charge in [0, 0.05) is 8.96 Å². The standard InChI is InChI=1S/C5H6Br2S.C2H6/c1-4(6)5(7)3-8-2;1-2/h3H,1H2,2H3;1-2H3/b5-3+;. The minimum absolute atomic E-state index is 0.881. The van der Waals surface area contributed by atoms with Crippen molar-refractivity contribution in [3.05, 3.63) is 21.0 Å². The Morgan fingerprint density at radius 2 is 1.80 bits per heavy atom. The van der Waals surface area contributed by atoms with Gasteiger partial charge in [0.2, 0.25) is 0 Å². The zero-order valence-corrected chi connectivity index (χ0v) is 10.4. The molecule has 3 heteroatoms. The summed E-state index contributed by atoms with van der Waals surface area (Å²) in [6.07, 6.45) is 2.00. The zero-order chi connectivity index (χ0) is 8.57. The molecule has 0 spiro atoms. The van der Waals surface area contributed by atoms with Crippen LogP contribution in [0.4, 0.5) is 0 Å². The Balaban J connectivity index is 0. The number of thioether (sulfide) groups is 1. The lowest BCUT2D eigenvalue weighted by Crippen LogP contribution is -1.62. The topological polar surface area (TPSA) is 0 Å². The normalized spacial score (nSPS) is 9.90. The molecule has 0 heterocycles. The molecule has 0 nitrogen and oxygen atoms in total. The van der Waals surface area contributed by atoms with Crippen molar-refractivity contribution >= 4 is 43.6 Å². The number of rotatable bonds is 2. The fourth-order valence-corrected chi connectivity index (χ4v) is 1.34. The number of hydrogen-bond acceptors (Lipinski definition) is 1. The van der Waals surface area contributed by atoms with Gasteiger partial charge in [0.05, 0.1) is 0 Å². The molecular formula is C7H12Br2S. The van der Waals surface area contributed by atoms with Gasteiger partial charge in [-0.3, -0.25) is 0 Å². The van der Waals surface area contributed by atoms with Crippen LogP contribution in [0.3, 0.4) is 0 Å². The highest BCUT2D eigenvalue weighted by Gasteiger charge is 1.89. The smallest absolute Gasteiger partial charge is 0.0374 e. The highest BCUT2D eigenvalue weighted by molar-refractivity contribution is 9.15. The van der Waals surface area contributed by atoms with Gasteiger partial charge in [-0.2, -0.15) is 0 Å². The van der Waals surface area contributed by atoms with Gasteiger partial charge in [0.25, 0.3) is 0 Å². The first-order valence-corrected chi connectivity index (χ1v) is 5.79. The highest BCUT2D eigenvalue weighted by Crippen LogP contribution is 2.22. The molecule has 0 aliphatic rings. The summed E-state index contributed by atoms with van der Waals surface area (Å²) in [6.45, 7) is 7.66. The Labute approximate surface area is 84.4 Å². The van der Waals surface area contributed by atoms with Crippen LogP contribution in [0.25, 0.3) is 0 Å². The highest BCUT2D eigenvalue weighted by atomic mass is 79.9. The second kappa shape index (κ2) is 9.79. The van der Waals surface area contributed by atoms with E-state index in [9.17, 15) is 0 Å². The molecule has 0 amide bonds. The van der Waals surface area contributed by atoms with Crippen LogP contribution in [-0.4, -0.2) is 6.26 Å². The quantitative estimate of drug-likeness (QED) is 0.673. The predicted octanol–water partition coefficient (Wildman–Crippen LogP) is 4.52. The number of allylic oxidation sites excluding steroid dienone is 2. The van der Waals surface area contributed by atoms with Crippen molar-refractivity contribution < 1.29 is 0 Å². The Morgan fingerprint density at radius 3 is 1.90 bits per heavy atom. The lowest BCUT2D eigenvalue weighted by Gasteiger charge is -1.89. The Kier molecular flexibility index (Phi) is 13.1. The first kappa shape index (κ1) is 13.4. The molecule has 0 aromatic carbocycles. The lowest BCUT2D eigenvalue weighted by molar-refractivity contribution is 1.50. The van der Waals surface area contributed by atoms with Gasteiger partial charge in [0.1, 0.15) is 0 Å². The summed E-state index contributed by atoms with van der Waals surface area (Å²) in [7, 11) is 0. The van der Waals surface area contributed by atoms with Crippen molar-refractivity contribution in [2.24, 2.45) is 0 Å². The molecule has 0 fully saturated rings. The summed E-state index contributed by atoms with van der Waals surface area (Å²) in [5.41, 5.74) is 0. The maximum atomic E-state index is 3.66. The van der Waals surface area contributed by atoms with Gasteiger partial charge in [-0.1, -0.05) is 36.4 Å².